The lowest BCUT2D eigenvalue weighted by atomic mass is 10.1. The van der Waals surface area contributed by atoms with Gasteiger partial charge in [0.15, 0.2) is 6.29 Å². The number of hydrogen-bond acceptors (Lipinski definition) is 4. The molecule has 0 amide bonds. The fraction of sp³-hybridized carbons (Fsp3) is 0.267. The highest BCUT2D eigenvalue weighted by Gasteiger charge is 2.12. The van der Waals surface area contributed by atoms with Gasteiger partial charge in [-0.15, -0.1) is 0 Å². The average molecular weight is 272 g/mol. The molecule has 0 radical (unpaired) electrons. The number of benzene rings is 1. The lowest BCUT2D eigenvalue weighted by Crippen LogP contribution is -2.25. The Hall–Kier alpha value is -2.43. The number of carbonyl (C=O) groups excluding carboxylic acids is 1. The maximum Gasteiger partial charge on any atom is 0.277 e. The van der Waals surface area contributed by atoms with E-state index in [9.17, 15) is 9.59 Å². The van der Waals surface area contributed by atoms with Crippen LogP contribution in [-0.4, -0.2) is 23.2 Å². The minimum absolute atomic E-state index is 0.0976. The standard InChI is InChI=1S/C15H16N2O3/c1-4-17-15(19)11(9-18)8-13(16-17)12-7-10(2)5-6-14(12)20-3/h5-9H,4H2,1-3H3. The molecule has 2 aromatic rings. The van der Waals surface area contributed by atoms with Crippen molar-refractivity contribution in [3.05, 3.63) is 45.7 Å². The molecule has 2 rings (SSSR count). The van der Waals surface area contributed by atoms with Gasteiger partial charge in [0.1, 0.15) is 5.75 Å². The zero-order valence-electron chi connectivity index (χ0n) is 11.7. The van der Waals surface area contributed by atoms with E-state index >= 15 is 0 Å². The predicted molar refractivity (Wildman–Crippen MR) is 76.3 cm³/mol. The van der Waals surface area contributed by atoms with Crippen LogP contribution in [0.1, 0.15) is 22.8 Å². The van der Waals surface area contributed by atoms with Crippen LogP contribution < -0.4 is 10.3 Å². The van der Waals surface area contributed by atoms with Gasteiger partial charge in [-0.1, -0.05) is 11.6 Å². The van der Waals surface area contributed by atoms with Crippen LogP contribution in [0.15, 0.2) is 29.1 Å². The second kappa shape index (κ2) is 5.69. The summed E-state index contributed by atoms with van der Waals surface area (Å²) in [5.74, 6) is 0.654. The Balaban J connectivity index is 2.72. The van der Waals surface area contributed by atoms with Gasteiger partial charge in [0, 0.05) is 12.1 Å². The molecule has 0 unspecified atom stereocenters. The molecule has 0 aliphatic carbocycles. The van der Waals surface area contributed by atoms with E-state index in [2.05, 4.69) is 5.10 Å². The van der Waals surface area contributed by atoms with Gasteiger partial charge in [-0.3, -0.25) is 9.59 Å². The number of hydrogen-bond donors (Lipinski definition) is 0. The molecule has 20 heavy (non-hydrogen) atoms. The van der Waals surface area contributed by atoms with Gasteiger partial charge >= 0.3 is 0 Å². The van der Waals surface area contributed by atoms with Gasteiger partial charge in [0.2, 0.25) is 0 Å². The van der Waals surface area contributed by atoms with Crippen LogP contribution >= 0.6 is 0 Å². The number of aromatic nitrogens is 2. The van der Waals surface area contributed by atoms with Gasteiger partial charge in [-0.2, -0.15) is 5.10 Å². The van der Waals surface area contributed by atoms with Crippen molar-refractivity contribution in [3.8, 4) is 17.0 Å². The first-order valence-corrected chi connectivity index (χ1v) is 6.33. The molecule has 0 bridgehead atoms. The van der Waals surface area contributed by atoms with Gasteiger partial charge in [0.25, 0.3) is 5.56 Å². The van der Waals surface area contributed by atoms with E-state index in [0.29, 0.717) is 24.3 Å². The Morgan fingerprint density at radius 1 is 1.35 bits per heavy atom. The predicted octanol–water partition coefficient (Wildman–Crippen LogP) is 2.06. The van der Waals surface area contributed by atoms with Gasteiger partial charge in [0.05, 0.1) is 18.4 Å². The van der Waals surface area contributed by atoms with E-state index in [0.717, 1.165) is 11.1 Å². The van der Waals surface area contributed by atoms with Crippen molar-refractivity contribution in [2.75, 3.05) is 7.11 Å². The Bertz CT molecular complexity index is 705. The lowest BCUT2D eigenvalue weighted by molar-refractivity contribution is 0.112. The number of ether oxygens (including phenoxy) is 1. The van der Waals surface area contributed by atoms with E-state index in [1.54, 1.807) is 14.0 Å². The van der Waals surface area contributed by atoms with Crippen LogP contribution in [0.3, 0.4) is 0 Å². The highest BCUT2D eigenvalue weighted by Crippen LogP contribution is 2.29. The molecular formula is C15H16N2O3. The number of nitrogens with zero attached hydrogens (tertiary/aromatic N) is 2. The summed E-state index contributed by atoms with van der Waals surface area (Å²) in [5, 5.41) is 4.28. The summed E-state index contributed by atoms with van der Waals surface area (Å²) in [6.45, 7) is 4.17. The van der Waals surface area contributed by atoms with Gasteiger partial charge < -0.3 is 4.74 Å². The van der Waals surface area contributed by atoms with Gasteiger partial charge in [-0.05, 0) is 32.0 Å². The Labute approximate surface area is 116 Å². The highest BCUT2D eigenvalue weighted by atomic mass is 16.5. The topological polar surface area (TPSA) is 61.2 Å². The van der Waals surface area contributed by atoms with Crippen molar-refractivity contribution in [1.29, 1.82) is 0 Å². The number of carbonyl (C=O) groups is 1. The average Bonchev–Trinajstić information content (AvgIpc) is 2.47. The molecule has 0 N–H and O–H groups in total. The maximum atomic E-state index is 11.9. The number of methoxy groups -OCH3 is 1. The first-order valence-electron chi connectivity index (χ1n) is 6.33. The molecule has 1 aromatic heterocycles. The third-order valence-corrected chi connectivity index (χ3v) is 3.06. The van der Waals surface area contributed by atoms with E-state index < -0.39 is 0 Å². The number of aryl methyl sites for hydroxylation is 2. The fourth-order valence-electron chi connectivity index (χ4n) is 2.01. The molecule has 0 aliphatic rings. The lowest BCUT2D eigenvalue weighted by Gasteiger charge is -2.11. The molecule has 1 heterocycles. The first-order chi connectivity index (χ1) is 9.60. The van der Waals surface area contributed by atoms with Crippen LogP contribution in [0.2, 0.25) is 0 Å². The molecular weight excluding hydrogens is 256 g/mol. The molecule has 104 valence electrons. The largest absolute Gasteiger partial charge is 0.496 e. The van der Waals surface area contributed by atoms with Crippen LogP contribution in [0, 0.1) is 6.92 Å². The smallest absolute Gasteiger partial charge is 0.277 e. The zero-order chi connectivity index (χ0) is 14.7. The molecule has 0 saturated carbocycles. The molecule has 5 nitrogen and oxygen atoms in total. The van der Waals surface area contributed by atoms with Crippen molar-refractivity contribution >= 4 is 6.29 Å². The third-order valence-electron chi connectivity index (χ3n) is 3.06. The molecule has 5 heteroatoms. The second-order valence-corrected chi connectivity index (χ2v) is 4.43. The molecule has 0 aliphatic heterocycles. The number of rotatable bonds is 4. The minimum atomic E-state index is -0.377. The van der Waals surface area contributed by atoms with Crippen molar-refractivity contribution < 1.29 is 9.53 Å². The first kappa shape index (κ1) is 14.0. The van der Waals surface area contributed by atoms with E-state index in [-0.39, 0.29) is 11.1 Å². The Morgan fingerprint density at radius 2 is 2.10 bits per heavy atom. The summed E-state index contributed by atoms with van der Waals surface area (Å²) < 4.78 is 6.59. The molecule has 0 fully saturated rings. The van der Waals surface area contributed by atoms with Crippen molar-refractivity contribution in [3.63, 3.8) is 0 Å². The van der Waals surface area contributed by atoms with Crippen LogP contribution in [0.25, 0.3) is 11.3 Å². The summed E-state index contributed by atoms with van der Waals surface area (Å²) >= 11 is 0. The number of aldehydes is 1. The van der Waals surface area contributed by atoms with Crippen LogP contribution in [-0.2, 0) is 6.54 Å². The SMILES string of the molecule is CCn1nc(-c2cc(C)ccc2OC)cc(C=O)c1=O. The van der Waals surface area contributed by atoms with Crippen molar-refractivity contribution in [2.24, 2.45) is 0 Å². The summed E-state index contributed by atoms with van der Waals surface area (Å²) in [7, 11) is 1.57. The van der Waals surface area contributed by atoms with E-state index in [1.165, 1.54) is 10.7 Å². The Morgan fingerprint density at radius 3 is 2.70 bits per heavy atom. The highest BCUT2D eigenvalue weighted by molar-refractivity contribution is 5.78. The molecule has 0 spiro atoms. The van der Waals surface area contributed by atoms with Crippen LogP contribution in [0.5, 0.6) is 5.75 Å². The molecule has 0 saturated heterocycles. The van der Waals surface area contributed by atoms with E-state index in [4.69, 9.17) is 4.74 Å². The maximum absolute atomic E-state index is 11.9. The summed E-state index contributed by atoms with van der Waals surface area (Å²) in [5.41, 5.74) is 2.08. The Kier molecular flexibility index (Phi) is 3.98. The molecule has 1 aromatic carbocycles. The summed E-state index contributed by atoms with van der Waals surface area (Å²) in [6.07, 6.45) is 0.557. The summed E-state index contributed by atoms with van der Waals surface area (Å²) in [6, 6.07) is 7.19. The second-order valence-electron chi connectivity index (χ2n) is 4.43. The van der Waals surface area contributed by atoms with Crippen LogP contribution in [0.4, 0.5) is 0 Å². The van der Waals surface area contributed by atoms with Crippen molar-refractivity contribution in [1.82, 2.24) is 9.78 Å². The normalized spacial score (nSPS) is 10.3. The quantitative estimate of drug-likeness (QED) is 0.799. The summed E-state index contributed by atoms with van der Waals surface area (Å²) in [4.78, 5) is 22.9. The zero-order valence-corrected chi connectivity index (χ0v) is 11.7. The third kappa shape index (κ3) is 2.47. The van der Waals surface area contributed by atoms with Gasteiger partial charge in [-0.25, -0.2) is 4.68 Å². The van der Waals surface area contributed by atoms with E-state index in [1.807, 2.05) is 25.1 Å². The van der Waals surface area contributed by atoms with Crippen molar-refractivity contribution in [2.45, 2.75) is 20.4 Å². The molecule has 0 atom stereocenters. The minimum Gasteiger partial charge on any atom is -0.496 e. The monoisotopic (exact) mass is 272 g/mol. The fourth-order valence-corrected chi connectivity index (χ4v) is 2.01.